The third-order valence-corrected chi connectivity index (χ3v) is 4.76. The summed E-state index contributed by atoms with van der Waals surface area (Å²) < 4.78 is 19.8. The van der Waals surface area contributed by atoms with Crippen molar-refractivity contribution in [1.29, 1.82) is 0 Å². The molecule has 3 nitrogen and oxygen atoms in total. The van der Waals surface area contributed by atoms with Gasteiger partial charge in [-0.05, 0) is 61.4 Å². The lowest BCUT2D eigenvalue weighted by atomic mass is 10.0. The van der Waals surface area contributed by atoms with Crippen LogP contribution in [0.15, 0.2) is 42.5 Å². The zero-order valence-electron chi connectivity index (χ0n) is 14.8. The van der Waals surface area contributed by atoms with Crippen LogP contribution < -0.4 is 10.1 Å². The molecule has 1 aliphatic carbocycles. The minimum absolute atomic E-state index is 0.000218. The largest absolute Gasteiger partial charge is 0.490 e. The van der Waals surface area contributed by atoms with Gasteiger partial charge in [0.2, 0.25) is 0 Å². The lowest BCUT2D eigenvalue weighted by molar-refractivity contribution is 0.281. The van der Waals surface area contributed by atoms with E-state index in [1.54, 1.807) is 12.1 Å². The molecule has 134 valence electrons. The highest BCUT2D eigenvalue weighted by Crippen LogP contribution is 2.31. The number of halogens is 1. The average molecular weight is 343 g/mol. The smallest absolute Gasteiger partial charge is 0.165 e. The van der Waals surface area contributed by atoms with Crippen LogP contribution in [0, 0.1) is 11.7 Å². The maximum absolute atomic E-state index is 14.3. The number of rotatable bonds is 8. The van der Waals surface area contributed by atoms with Crippen molar-refractivity contribution < 1.29 is 14.2 Å². The van der Waals surface area contributed by atoms with E-state index in [2.05, 4.69) is 12.2 Å². The number of hydrogen-bond acceptors (Lipinski definition) is 3. The van der Waals surface area contributed by atoms with Gasteiger partial charge in [-0.25, -0.2) is 4.39 Å². The van der Waals surface area contributed by atoms with Crippen molar-refractivity contribution in [2.75, 3.05) is 6.61 Å². The highest BCUT2D eigenvalue weighted by molar-refractivity contribution is 5.31. The van der Waals surface area contributed by atoms with Gasteiger partial charge in [0.1, 0.15) is 0 Å². The molecular formula is C21H26FNO2. The second-order valence-electron chi connectivity index (χ2n) is 6.96. The Kier molecular flexibility index (Phi) is 5.71. The van der Waals surface area contributed by atoms with Gasteiger partial charge in [-0.15, -0.1) is 0 Å². The Balaban J connectivity index is 1.63. The molecule has 2 aromatic rings. The fraction of sp³-hybridized carbons (Fsp3) is 0.429. The molecular weight excluding hydrogens is 317 g/mol. The predicted molar refractivity (Wildman–Crippen MR) is 96.9 cm³/mol. The summed E-state index contributed by atoms with van der Waals surface area (Å²) in [5.41, 5.74) is 2.88. The molecule has 0 amide bonds. The lowest BCUT2D eigenvalue weighted by Gasteiger charge is -2.21. The van der Waals surface area contributed by atoms with Gasteiger partial charge < -0.3 is 15.2 Å². The Morgan fingerprint density at radius 2 is 1.84 bits per heavy atom. The normalized spacial score (nSPS) is 16.5. The first-order chi connectivity index (χ1) is 12.1. The minimum Gasteiger partial charge on any atom is -0.490 e. The lowest BCUT2D eigenvalue weighted by Crippen LogP contribution is -2.22. The molecule has 2 N–H and O–H groups in total. The van der Waals surface area contributed by atoms with Gasteiger partial charge in [-0.1, -0.05) is 30.3 Å². The van der Waals surface area contributed by atoms with Crippen LogP contribution in [-0.4, -0.2) is 11.7 Å². The van der Waals surface area contributed by atoms with Crippen molar-refractivity contribution in [3.8, 4) is 5.75 Å². The van der Waals surface area contributed by atoms with Crippen molar-refractivity contribution in [1.82, 2.24) is 5.32 Å². The van der Waals surface area contributed by atoms with Crippen LogP contribution in [0.5, 0.6) is 5.75 Å². The summed E-state index contributed by atoms with van der Waals surface area (Å²) in [5.74, 6) is 0.642. The third-order valence-electron chi connectivity index (χ3n) is 4.76. The quantitative estimate of drug-likeness (QED) is 0.740. The second kappa shape index (κ2) is 7.98. The molecule has 1 fully saturated rings. The van der Waals surface area contributed by atoms with Crippen LogP contribution in [-0.2, 0) is 6.61 Å². The monoisotopic (exact) mass is 343 g/mol. The molecule has 0 aromatic heterocycles. The van der Waals surface area contributed by atoms with E-state index in [1.807, 2.05) is 37.3 Å². The maximum atomic E-state index is 14.3. The van der Waals surface area contributed by atoms with Crippen molar-refractivity contribution in [3.05, 3.63) is 65.0 Å². The zero-order valence-corrected chi connectivity index (χ0v) is 14.8. The Morgan fingerprint density at radius 3 is 2.48 bits per heavy atom. The summed E-state index contributed by atoms with van der Waals surface area (Å²) in [6.45, 7) is 4.73. The Hall–Kier alpha value is -1.91. The van der Waals surface area contributed by atoms with Gasteiger partial charge in [-0.2, -0.15) is 0 Å². The van der Waals surface area contributed by atoms with E-state index < -0.39 is 0 Å². The first kappa shape index (κ1) is 17.9. The molecule has 0 bridgehead atoms. The average Bonchev–Trinajstić information content (AvgIpc) is 3.45. The Labute approximate surface area is 148 Å². The molecule has 2 atom stereocenters. The minimum atomic E-state index is -0.304. The number of nitrogens with one attached hydrogen (secondary N) is 1. The molecule has 0 saturated heterocycles. The summed E-state index contributed by atoms with van der Waals surface area (Å²) in [7, 11) is 0. The van der Waals surface area contributed by atoms with E-state index in [9.17, 15) is 9.50 Å². The Morgan fingerprint density at radius 1 is 1.12 bits per heavy atom. The highest BCUT2D eigenvalue weighted by Gasteiger charge is 2.22. The van der Waals surface area contributed by atoms with Gasteiger partial charge in [-0.3, -0.25) is 0 Å². The summed E-state index contributed by atoms with van der Waals surface area (Å²) in [6.07, 6.45) is 2.38. The number of hydrogen-bond donors (Lipinski definition) is 2. The third kappa shape index (κ3) is 4.80. The van der Waals surface area contributed by atoms with Gasteiger partial charge in [0.15, 0.2) is 11.6 Å². The van der Waals surface area contributed by atoms with Gasteiger partial charge >= 0.3 is 0 Å². The molecule has 0 heterocycles. The van der Waals surface area contributed by atoms with Gasteiger partial charge in [0.05, 0.1) is 13.2 Å². The summed E-state index contributed by atoms with van der Waals surface area (Å²) in [5, 5.41) is 12.7. The molecule has 1 saturated carbocycles. The zero-order chi connectivity index (χ0) is 17.8. The van der Waals surface area contributed by atoms with Gasteiger partial charge in [0.25, 0.3) is 0 Å². The van der Waals surface area contributed by atoms with Crippen LogP contribution in [0.25, 0.3) is 0 Å². The molecule has 2 unspecified atom stereocenters. The van der Waals surface area contributed by atoms with E-state index in [0.717, 1.165) is 16.7 Å². The van der Waals surface area contributed by atoms with Gasteiger partial charge in [0, 0.05) is 12.1 Å². The molecule has 25 heavy (non-hydrogen) atoms. The Bertz CT molecular complexity index is 715. The number of ether oxygens (including phenoxy) is 1. The first-order valence-electron chi connectivity index (χ1n) is 8.95. The summed E-state index contributed by atoms with van der Waals surface area (Å²) in [4.78, 5) is 0. The molecule has 2 aromatic carbocycles. The van der Waals surface area contributed by atoms with E-state index in [-0.39, 0.29) is 24.5 Å². The van der Waals surface area contributed by atoms with Crippen LogP contribution >= 0.6 is 0 Å². The van der Waals surface area contributed by atoms with Crippen molar-refractivity contribution in [3.63, 3.8) is 0 Å². The maximum Gasteiger partial charge on any atom is 0.165 e. The summed E-state index contributed by atoms with van der Waals surface area (Å²) in [6, 6.07) is 13.1. The standard InChI is InChI=1S/C21H26FNO2/c1-14(18-5-3-4-17(10-18)12-24)23-15(2)19-8-9-21(20(22)11-19)25-13-16-6-7-16/h3-5,8-11,14-16,23-24H,6-7,12-13H2,1-2H3. The number of benzene rings is 2. The topological polar surface area (TPSA) is 41.5 Å². The second-order valence-corrected chi connectivity index (χ2v) is 6.96. The van der Waals surface area contributed by atoms with Crippen LogP contribution in [0.3, 0.4) is 0 Å². The molecule has 3 rings (SSSR count). The predicted octanol–water partition coefficient (Wildman–Crippen LogP) is 4.52. The molecule has 1 aliphatic rings. The fourth-order valence-corrected chi connectivity index (χ4v) is 2.92. The number of aliphatic hydroxyl groups excluding tert-OH is 1. The van der Waals surface area contributed by atoms with E-state index in [4.69, 9.17) is 4.74 Å². The number of aliphatic hydroxyl groups is 1. The van der Waals surface area contributed by atoms with Crippen molar-refractivity contribution >= 4 is 0 Å². The van der Waals surface area contributed by atoms with E-state index >= 15 is 0 Å². The van der Waals surface area contributed by atoms with Crippen LogP contribution in [0.4, 0.5) is 4.39 Å². The van der Waals surface area contributed by atoms with Crippen molar-refractivity contribution in [2.45, 2.75) is 45.4 Å². The molecule has 0 radical (unpaired) electrons. The molecule has 0 aliphatic heterocycles. The molecule has 4 heteroatoms. The summed E-state index contributed by atoms with van der Waals surface area (Å²) >= 11 is 0. The SMILES string of the molecule is CC(NC(C)c1ccc(OCC2CC2)c(F)c1)c1cccc(CO)c1. The molecule has 0 spiro atoms. The fourth-order valence-electron chi connectivity index (χ4n) is 2.92. The van der Waals surface area contributed by atoms with Crippen molar-refractivity contribution in [2.24, 2.45) is 5.92 Å². The first-order valence-corrected chi connectivity index (χ1v) is 8.95. The van der Waals surface area contributed by atoms with Crippen LogP contribution in [0.2, 0.25) is 0 Å². The highest BCUT2D eigenvalue weighted by atomic mass is 19.1. The van der Waals surface area contributed by atoms with E-state index in [1.165, 1.54) is 12.8 Å². The van der Waals surface area contributed by atoms with Crippen LogP contribution in [0.1, 0.15) is 55.5 Å². The van der Waals surface area contributed by atoms with E-state index in [0.29, 0.717) is 18.3 Å².